The molecule has 3 rings (SSSR count). The zero-order chi connectivity index (χ0) is 28.2. The summed E-state index contributed by atoms with van der Waals surface area (Å²) in [5, 5.41) is 0. The fourth-order valence-corrected chi connectivity index (χ4v) is 5.02. The maximum atomic E-state index is 12.5. The standard InChI is InChI=1S/C33H42O6/c1-6-7-8-25-9-11-27(12-10-25)31-21-29(39-33(35)24(4)22-36-5)17-18-30(31)26-13-15-28(16-14-26)37-19-20-38-32(34)23(2)3/h13-18,21,25,27H,2,4,6-12,19-20,22H2,1,3,5H3. The topological polar surface area (TPSA) is 71.1 Å². The molecule has 1 saturated carbocycles. The molecule has 0 aromatic heterocycles. The largest absolute Gasteiger partial charge is 0.490 e. The van der Waals surface area contributed by atoms with Crippen LogP contribution in [0.2, 0.25) is 0 Å². The summed E-state index contributed by atoms with van der Waals surface area (Å²) in [6.07, 6.45) is 8.54. The Morgan fingerprint density at radius 1 is 0.923 bits per heavy atom. The van der Waals surface area contributed by atoms with Gasteiger partial charge in [0.15, 0.2) is 0 Å². The van der Waals surface area contributed by atoms with Crippen molar-refractivity contribution in [1.29, 1.82) is 0 Å². The minimum Gasteiger partial charge on any atom is -0.490 e. The van der Waals surface area contributed by atoms with E-state index >= 15 is 0 Å². The molecule has 2 aromatic rings. The first-order chi connectivity index (χ1) is 18.8. The molecule has 6 heteroatoms. The van der Waals surface area contributed by atoms with Crippen LogP contribution in [0.5, 0.6) is 11.5 Å². The Balaban J connectivity index is 1.76. The maximum Gasteiger partial charge on any atom is 0.341 e. The molecule has 0 unspecified atom stereocenters. The fraction of sp³-hybridized carbons (Fsp3) is 0.455. The zero-order valence-electron chi connectivity index (χ0n) is 23.6. The van der Waals surface area contributed by atoms with Gasteiger partial charge in [0.25, 0.3) is 0 Å². The lowest BCUT2D eigenvalue weighted by atomic mass is 9.75. The Morgan fingerprint density at radius 3 is 2.26 bits per heavy atom. The van der Waals surface area contributed by atoms with Crippen molar-refractivity contribution in [2.75, 3.05) is 26.9 Å². The van der Waals surface area contributed by atoms with E-state index in [1.807, 2.05) is 42.5 Å². The van der Waals surface area contributed by atoms with Crippen LogP contribution in [0, 0.1) is 5.92 Å². The van der Waals surface area contributed by atoms with E-state index in [1.165, 1.54) is 44.8 Å². The molecule has 1 aliphatic carbocycles. The van der Waals surface area contributed by atoms with E-state index in [-0.39, 0.29) is 25.4 Å². The molecule has 6 nitrogen and oxygen atoms in total. The lowest BCUT2D eigenvalue weighted by Crippen LogP contribution is -2.16. The van der Waals surface area contributed by atoms with E-state index in [0.717, 1.165) is 29.9 Å². The Labute approximate surface area is 233 Å². The lowest BCUT2D eigenvalue weighted by molar-refractivity contribution is -0.139. The molecule has 210 valence electrons. The Kier molecular flexibility index (Phi) is 11.8. The smallest absolute Gasteiger partial charge is 0.341 e. The van der Waals surface area contributed by atoms with Gasteiger partial charge < -0.3 is 18.9 Å². The predicted molar refractivity (Wildman–Crippen MR) is 154 cm³/mol. The molecule has 1 fully saturated rings. The number of benzene rings is 2. The Morgan fingerprint density at radius 2 is 1.62 bits per heavy atom. The summed E-state index contributed by atoms with van der Waals surface area (Å²) in [4.78, 5) is 24.0. The van der Waals surface area contributed by atoms with E-state index in [4.69, 9.17) is 18.9 Å². The van der Waals surface area contributed by atoms with E-state index in [2.05, 4.69) is 20.1 Å². The molecule has 0 saturated heterocycles. The number of carbonyl (C=O) groups excluding carboxylic acids is 2. The average Bonchev–Trinajstić information content (AvgIpc) is 2.94. The molecular formula is C33H42O6. The highest BCUT2D eigenvalue weighted by molar-refractivity contribution is 5.90. The third-order valence-corrected chi connectivity index (χ3v) is 7.19. The normalized spacial score (nSPS) is 16.8. The van der Waals surface area contributed by atoms with Crippen LogP contribution in [0.4, 0.5) is 0 Å². The van der Waals surface area contributed by atoms with Gasteiger partial charge in [-0.25, -0.2) is 9.59 Å². The number of methoxy groups -OCH3 is 1. The number of ether oxygens (including phenoxy) is 4. The van der Waals surface area contributed by atoms with Gasteiger partial charge in [0.05, 0.1) is 12.2 Å². The molecule has 1 aliphatic rings. The van der Waals surface area contributed by atoms with Gasteiger partial charge >= 0.3 is 11.9 Å². The van der Waals surface area contributed by atoms with Crippen LogP contribution in [0.3, 0.4) is 0 Å². The second-order valence-electron chi connectivity index (χ2n) is 10.3. The Hall–Kier alpha value is -3.38. The number of esters is 2. The summed E-state index contributed by atoms with van der Waals surface area (Å²) in [5.41, 5.74) is 4.05. The van der Waals surface area contributed by atoms with Crippen LogP contribution in [-0.2, 0) is 19.1 Å². The third-order valence-electron chi connectivity index (χ3n) is 7.19. The number of unbranched alkanes of at least 4 members (excludes halogenated alkanes) is 1. The maximum absolute atomic E-state index is 12.5. The van der Waals surface area contributed by atoms with Crippen molar-refractivity contribution in [2.45, 2.75) is 64.7 Å². The summed E-state index contributed by atoms with van der Waals surface area (Å²) in [7, 11) is 1.52. The second-order valence-corrected chi connectivity index (χ2v) is 10.3. The second kappa shape index (κ2) is 15.3. The van der Waals surface area contributed by atoms with Crippen molar-refractivity contribution in [2.24, 2.45) is 5.92 Å². The summed E-state index contributed by atoms with van der Waals surface area (Å²) in [5.74, 6) is 1.53. The van der Waals surface area contributed by atoms with Crippen molar-refractivity contribution in [1.82, 2.24) is 0 Å². The molecule has 2 aromatic carbocycles. The first-order valence-electron chi connectivity index (χ1n) is 13.9. The SMILES string of the molecule is C=C(C)C(=O)OCCOc1ccc(-c2ccc(OC(=O)C(=C)COC)cc2C2CCC(CCCC)CC2)cc1. The summed E-state index contributed by atoms with van der Waals surface area (Å²) in [6, 6.07) is 13.8. The molecule has 0 spiro atoms. The zero-order valence-corrected chi connectivity index (χ0v) is 23.6. The third kappa shape index (κ3) is 9.10. The Bertz CT molecular complexity index is 1130. The van der Waals surface area contributed by atoms with Gasteiger partial charge in [0, 0.05) is 12.7 Å². The van der Waals surface area contributed by atoms with Crippen LogP contribution in [0.1, 0.15) is 70.3 Å². The first kappa shape index (κ1) is 30.2. The number of carbonyl (C=O) groups is 2. The molecule has 0 radical (unpaired) electrons. The van der Waals surface area contributed by atoms with Gasteiger partial charge in [-0.2, -0.15) is 0 Å². The minimum atomic E-state index is -0.478. The fourth-order valence-electron chi connectivity index (χ4n) is 5.02. The molecule has 0 amide bonds. The van der Waals surface area contributed by atoms with Gasteiger partial charge in [-0.05, 0) is 85.4 Å². The van der Waals surface area contributed by atoms with Crippen molar-refractivity contribution < 1.29 is 28.5 Å². The molecule has 39 heavy (non-hydrogen) atoms. The molecule has 0 bridgehead atoms. The number of rotatable bonds is 14. The highest BCUT2D eigenvalue weighted by atomic mass is 16.6. The van der Waals surface area contributed by atoms with Crippen molar-refractivity contribution in [3.05, 3.63) is 72.3 Å². The van der Waals surface area contributed by atoms with E-state index in [9.17, 15) is 9.59 Å². The van der Waals surface area contributed by atoms with Crippen molar-refractivity contribution >= 4 is 11.9 Å². The van der Waals surface area contributed by atoms with Crippen LogP contribution in [-0.4, -0.2) is 38.9 Å². The number of hydrogen-bond donors (Lipinski definition) is 0. The van der Waals surface area contributed by atoms with E-state index < -0.39 is 11.9 Å². The summed E-state index contributed by atoms with van der Waals surface area (Å²) < 4.78 is 21.5. The van der Waals surface area contributed by atoms with Gasteiger partial charge in [0.2, 0.25) is 0 Å². The molecule has 0 N–H and O–H groups in total. The van der Waals surface area contributed by atoms with E-state index in [1.54, 1.807) is 6.92 Å². The van der Waals surface area contributed by atoms with Crippen LogP contribution in [0.25, 0.3) is 11.1 Å². The highest BCUT2D eigenvalue weighted by Gasteiger charge is 2.25. The van der Waals surface area contributed by atoms with Gasteiger partial charge in [-0.15, -0.1) is 0 Å². The lowest BCUT2D eigenvalue weighted by Gasteiger charge is -2.30. The highest BCUT2D eigenvalue weighted by Crippen LogP contribution is 2.42. The number of hydrogen-bond acceptors (Lipinski definition) is 6. The van der Waals surface area contributed by atoms with Crippen LogP contribution in [0.15, 0.2) is 66.8 Å². The first-order valence-corrected chi connectivity index (χ1v) is 13.9. The van der Waals surface area contributed by atoms with Gasteiger partial charge in [-0.1, -0.05) is 57.5 Å². The van der Waals surface area contributed by atoms with Crippen LogP contribution >= 0.6 is 0 Å². The van der Waals surface area contributed by atoms with Crippen molar-refractivity contribution in [3.8, 4) is 22.6 Å². The predicted octanol–water partition coefficient (Wildman–Crippen LogP) is 7.42. The molecular weight excluding hydrogens is 492 g/mol. The average molecular weight is 535 g/mol. The van der Waals surface area contributed by atoms with Gasteiger partial charge in [-0.3, -0.25) is 0 Å². The minimum absolute atomic E-state index is 0.135. The van der Waals surface area contributed by atoms with Gasteiger partial charge in [0.1, 0.15) is 24.7 Å². The summed E-state index contributed by atoms with van der Waals surface area (Å²) in [6.45, 7) is 11.8. The monoisotopic (exact) mass is 534 g/mol. The molecule has 0 heterocycles. The van der Waals surface area contributed by atoms with Crippen molar-refractivity contribution in [3.63, 3.8) is 0 Å². The quantitative estimate of drug-likeness (QED) is 0.109. The summed E-state index contributed by atoms with van der Waals surface area (Å²) >= 11 is 0. The molecule has 0 aliphatic heterocycles. The van der Waals surface area contributed by atoms with Crippen LogP contribution < -0.4 is 9.47 Å². The molecule has 0 atom stereocenters. The van der Waals surface area contributed by atoms with E-state index in [0.29, 0.717) is 23.0 Å².